The molecule has 1 rings (SSSR count). The molecule has 0 amide bonds. The van der Waals surface area contributed by atoms with Crippen molar-refractivity contribution in [1.29, 1.82) is 0 Å². The SMILES string of the molecule is COc1ccc(C(Br)CC(F)(F)F)cc1F. The minimum absolute atomic E-state index is 0.00968. The van der Waals surface area contributed by atoms with E-state index in [9.17, 15) is 17.6 Å². The third-order valence-corrected chi connectivity index (χ3v) is 2.80. The highest BCUT2D eigenvalue weighted by Gasteiger charge is 2.31. The van der Waals surface area contributed by atoms with Crippen molar-refractivity contribution in [2.45, 2.75) is 17.4 Å². The van der Waals surface area contributed by atoms with Crippen molar-refractivity contribution in [1.82, 2.24) is 0 Å². The molecule has 90 valence electrons. The van der Waals surface area contributed by atoms with Crippen LogP contribution in [-0.4, -0.2) is 13.3 Å². The monoisotopic (exact) mass is 300 g/mol. The average molecular weight is 301 g/mol. The molecule has 16 heavy (non-hydrogen) atoms. The van der Waals surface area contributed by atoms with Gasteiger partial charge in [-0.2, -0.15) is 13.2 Å². The molecule has 0 aliphatic heterocycles. The Balaban J connectivity index is 2.85. The first kappa shape index (κ1) is 13.3. The standard InChI is InChI=1S/C10H9BrF4O/c1-16-9-3-2-6(4-8(9)12)7(11)5-10(13,14)15/h2-4,7H,5H2,1H3. The lowest BCUT2D eigenvalue weighted by Crippen LogP contribution is -2.10. The van der Waals surface area contributed by atoms with E-state index in [0.717, 1.165) is 6.07 Å². The topological polar surface area (TPSA) is 9.23 Å². The summed E-state index contributed by atoms with van der Waals surface area (Å²) in [6, 6.07) is 3.73. The Morgan fingerprint density at radius 2 is 2.00 bits per heavy atom. The van der Waals surface area contributed by atoms with Crippen LogP contribution in [0.3, 0.4) is 0 Å². The summed E-state index contributed by atoms with van der Waals surface area (Å²) in [6.07, 6.45) is -5.33. The zero-order chi connectivity index (χ0) is 12.3. The highest BCUT2D eigenvalue weighted by atomic mass is 79.9. The Hall–Kier alpha value is -0.780. The van der Waals surface area contributed by atoms with E-state index in [1.165, 1.54) is 19.2 Å². The van der Waals surface area contributed by atoms with Crippen molar-refractivity contribution in [2.75, 3.05) is 7.11 Å². The molecule has 1 atom stereocenters. The van der Waals surface area contributed by atoms with Gasteiger partial charge in [-0.3, -0.25) is 0 Å². The molecule has 1 aromatic rings. The van der Waals surface area contributed by atoms with E-state index >= 15 is 0 Å². The molecule has 6 heteroatoms. The summed E-state index contributed by atoms with van der Waals surface area (Å²) >= 11 is 2.87. The second-order valence-corrected chi connectivity index (χ2v) is 4.29. The summed E-state index contributed by atoms with van der Waals surface area (Å²) in [5.41, 5.74) is 0.232. The third kappa shape index (κ3) is 3.66. The van der Waals surface area contributed by atoms with Crippen LogP contribution in [0.15, 0.2) is 18.2 Å². The molecule has 0 saturated carbocycles. The van der Waals surface area contributed by atoms with Crippen LogP contribution < -0.4 is 4.74 Å². The lowest BCUT2D eigenvalue weighted by Gasteiger charge is -2.13. The maximum absolute atomic E-state index is 13.2. The molecule has 0 fully saturated rings. The summed E-state index contributed by atoms with van der Waals surface area (Å²) in [4.78, 5) is -0.951. The van der Waals surface area contributed by atoms with E-state index < -0.39 is 23.2 Å². The predicted octanol–water partition coefficient (Wildman–Crippen LogP) is 4.22. The number of methoxy groups -OCH3 is 1. The van der Waals surface area contributed by atoms with Crippen LogP contribution in [0.1, 0.15) is 16.8 Å². The molecule has 1 aromatic carbocycles. The molecule has 0 bridgehead atoms. The van der Waals surface area contributed by atoms with Gasteiger partial charge in [0.15, 0.2) is 11.6 Å². The predicted molar refractivity (Wildman–Crippen MR) is 55.3 cm³/mol. The number of rotatable bonds is 3. The number of ether oxygens (including phenoxy) is 1. The fourth-order valence-electron chi connectivity index (χ4n) is 1.20. The molecule has 0 spiro atoms. The molecule has 0 saturated heterocycles. The maximum Gasteiger partial charge on any atom is 0.390 e. The Kier molecular flexibility index (Phi) is 4.18. The highest BCUT2D eigenvalue weighted by Crippen LogP contribution is 2.36. The van der Waals surface area contributed by atoms with E-state index in [4.69, 9.17) is 0 Å². The van der Waals surface area contributed by atoms with E-state index in [0.29, 0.717) is 0 Å². The molecular weight excluding hydrogens is 292 g/mol. The number of hydrogen-bond donors (Lipinski definition) is 0. The fourth-order valence-corrected chi connectivity index (χ4v) is 1.85. The van der Waals surface area contributed by atoms with Gasteiger partial charge in [-0.1, -0.05) is 22.0 Å². The molecule has 0 N–H and O–H groups in total. The lowest BCUT2D eigenvalue weighted by atomic mass is 10.1. The van der Waals surface area contributed by atoms with Crippen LogP contribution in [0.2, 0.25) is 0 Å². The highest BCUT2D eigenvalue weighted by molar-refractivity contribution is 9.09. The van der Waals surface area contributed by atoms with Gasteiger partial charge < -0.3 is 4.74 Å². The summed E-state index contributed by atoms with van der Waals surface area (Å²) in [7, 11) is 1.29. The van der Waals surface area contributed by atoms with Gasteiger partial charge in [0, 0.05) is 4.83 Å². The Morgan fingerprint density at radius 3 is 2.44 bits per heavy atom. The van der Waals surface area contributed by atoms with Gasteiger partial charge in [-0.15, -0.1) is 0 Å². The van der Waals surface area contributed by atoms with Crippen LogP contribution in [0.4, 0.5) is 17.6 Å². The number of halogens is 5. The summed E-state index contributed by atoms with van der Waals surface area (Å²) in [6.45, 7) is 0. The molecule has 0 aliphatic carbocycles. The van der Waals surface area contributed by atoms with Crippen molar-refractivity contribution in [2.24, 2.45) is 0 Å². The van der Waals surface area contributed by atoms with E-state index in [2.05, 4.69) is 20.7 Å². The average Bonchev–Trinajstić information content (AvgIpc) is 2.15. The minimum Gasteiger partial charge on any atom is -0.494 e. The van der Waals surface area contributed by atoms with E-state index in [1.807, 2.05) is 0 Å². The summed E-state index contributed by atoms with van der Waals surface area (Å²) in [5, 5.41) is 0. The molecule has 0 heterocycles. The van der Waals surface area contributed by atoms with Crippen molar-refractivity contribution in [3.05, 3.63) is 29.6 Å². The fraction of sp³-hybridized carbons (Fsp3) is 0.400. The van der Waals surface area contributed by atoms with Gasteiger partial charge in [0.2, 0.25) is 0 Å². The number of hydrogen-bond acceptors (Lipinski definition) is 1. The maximum atomic E-state index is 13.2. The number of alkyl halides is 4. The second-order valence-electron chi connectivity index (χ2n) is 3.18. The largest absolute Gasteiger partial charge is 0.494 e. The van der Waals surface area contributed by atoms with Crippen molar-refractivity contribution in [3.8, 4) is 5.75 Å². The molecule has 0 aliphatic rings. The van der Waals surface area contributed by atoms with Crippen LogP contribution >= 0.6 is 15.9 Å². The van der Waals surface area contributed by atoms with Gasteiger partial charge in [0.1, 0.15) is 0 Å². The zero-order valence-electron chi connectivity index (χ0n) is 8.31. The first-order valence-electron chi connectivity index (χ1n) is 4.38. The van der Waals surface area contributed by atoms with Gasteiger partial charge in [0.05, 0.1) is 13.5 Å². The molecule has 0 aromatic heterocycles. The second kappa shape index (κ2) is 5.03. The Morgan fingerprint density at radius 1 is 1.38 bits per heavy atom. The quantitative estimate of drug-likeness (QED) is 0.600. The number of benzene rings is 1. The van der Waals surface area contributed by atoms with Crippen LogP contribution in [-0.2, 0) is 0 Å². The van der Waals surface area contributed by atoms with Crippen molar-refractivity contribution < 1.29 is 22.3 Å². The van der Waals surface area contributed by atoms with Gasteiger partial charge in [-0.05, 0) is 17.7 Å². The van der Waals surface area contributed by atoms with Gasteiger partial charge in [0.25, 0.3) is 0 Å². The first-order valence-corrected chi connectivity index (χ1v) is 5.29. The van der Waals surface area contributed by atoms with Crippen molar-refractivity contribution in [3.63, 3.8) is 0 Å². The lowest BCUT2D eigenvalue weighted by molar-refractivity contribution is -0.134. The normalized spacial score (nSPS) is 13.6. The summed E-state index contributed by atoms with van der Waals surface area (Å²) in [5.74, 6) is -0.665. The first-order chi connectivity index (χ1) is 7.33. The van der Waals surface area contributed by atoms with Crippen LogP contribution in [0.25, 0.3) is 0 Å². The van der Waals surface area contributed by atoms with Gasteiger partial charge in [-0.25, -0.2) is 4.39 Å². The van der Waals surface area contributed by atoms with Gasteiger partial charge >= 0.3 is 6.18 Å². The van der Waals surface area contributed by atoms with Crippen molar-refractivity contribution >= 4 is 15.9 Å². The van der Waals surface area contributed by atoms with Crippen LogP contribution in [0.5, 0.6) is 5.75 Å². The Labute approximate surface area is 98.5 Å². The smallest absolute Gasteiger partial charge is 0.390 e. The molecule has 1 nitrogen and oxygen atoms in total. The Bertz CT molecular complexity index is 364. The third-order valence-electron chi connectivity index (χ3n) is 1.95. The van der Waals surface area contributed by atoms with Crippen LogP contribution in [0, 0.1) is 5.82 Å². The summed E-state index contributed by atoms with van der Waals surface area (Å²) < 4.78 is 54.2. The van der Waals surface area contributed by atoms with E-state index in [1.54, 1.807) is 0 Å². The zero-order valence-corrected chi connectivity index (χ0v) is 9.90. The minimum atomic E-state index is -4.29. The van der Waals surface area contributed by atoms with E-state index in [-0.39, 0.29) is 11.3 Å². The molecule has 0 radical (unpaired) electrons. The molecular formula is C10H9BrF4O. The molecule has 1 unspecified atom stereocenters.